The molecule has 0 aliphatic carbocycles. The molecule has 0 aromatic heterocycles. The zero-order valence-corrected chi connectivity index (χ0v) is 16.7. The molecule has 2 N–H and O–H groups in total. The van der Waals surface area contributed by atoms with Gasteiger partial charge in [0.05, 0.1) is 38.9 Å². The molecule has 2 aromatic rings. The summed E-state index contributed by atoms with van der Waals surface area (Å²) >= 11 is 6.08. The molecule has 150 valence electrons. The summed E-state index contributed by atoms with van der Waals surface area (Å²) in [6.07, 6.45) is -0.548. The smallest absolute Gasteiger partial charge is 0.337 e. The van der Waals surface area contributed by atoms with Gasteiger partial charge in [0.25, 0.3) is 0 Å². The van der Waals surface area contributed by atoms with E-state index in [2.05, 4.69) is 15.7 Å². The van der Waals surface area contributed by atoms with Crippen LogP contribution < -0.4 is 14.5 Å². The third-order valence-corrected chi connectivity index (χ3v) is 5.12. The van der Waals surface area contributed by atoms with Gasteiger partial charge in [-0.15, -0.1) is 0 Å². The topological polar surface area (TPSA) is 63.4 Å². The van der Waals surface area contributed by atoms with E-state index in [1.165, 1.54) is 12.0 Å². The zero-order valence-electron chi connectivity index (χ0n) is 15.9. The summed E-state index contributed by atoms with van der Waals surface area (Å²) in [5, 5.41) is 11.1. The lowest BCUT2D eigenvalue weighted by atomic mass is 10.2. The minimum atomic E-state index is -0.548. The van der Waals surface area contributed by atoms with Crippen LogP contribution in [0.2, 0.25) is 5.02 Å². The molecule has 2 aromatic carbocycles. The zero-order chi connectivity index (χ0) is 19.9. The molecule has 0 radical (unpaired) electrons. The number of nitrogens with one attached hydrogen (secondary N) is 1. The van der Waals surface area contributed by atoms with E-state index in [0.29, 0.717) is 17.9 Å². The Bertz CT molecular complexity index is 776. The SMILES string of the molecule is COC(=O)c1ccc(OC[C@H](O)C[NH+]2CCN(c3cccc(Cl)c3)CC2)cc1. The first-order valence-electron chi connectivity index (χ1n) is 9.38. The van der Waals surface area contributed by atoms with E-state index in [9.17, 15) is 9.90 Å². The summed E-state index contributed by atoms with van der Waals surface area (Å²) in [5.41, 5.74) is 1.61. The molecule has 0 spiro atoms. The highest BCUT2D eigenvalue weighted by atomic mass is 35.5. The number of piperazine rings is 1. The Labute approximate surface area is 170 Å². The lowest BCUT2D eigenvalue weighted by Crippen LogP contribution is -3.16. The summed E-state index contributed by atoms with van der Waals surface area (Å²) in [7, 11) is 1.35. The van der Waals surface area contributed by atoms with Gasteiger partial charge in [-0.2, -0.15) is 0 Å². The number of carbonyl (C=O) groups excluding carboxylic acids is 1. The van der Waals surface area contributed by atoms with E-state index in [1.54, 1.807) is 24.3 Å². The van der Waals surface area contributed by atoms with Crippen LogP contribution in [0.15, 0.2) is 48.5 Å². The highest BCUT2D eigenvalue weighted by molar-refractivity contribution is 6.30. The van der Waals surface area contributed by atoms with Gasteiger partial charge >= 0.3 is 5.97 Å². The van der Waals surface area contributed by atoms with Crippen molar-refractivity contribution in [3.63, 3.8) is 0 Å². The van der Waals surface area contributed by atoms with Crippen LogP contribution in [0.1, 0.15) is 10.4 Å². The highest BCUT2D eigenvalue weighted by Crippen LogP contribution is 2.19. The fourth-order valence-electron chi connectivity index (χ4n) is 3.35. The van der Waals surface area contributed by atoms with Crippen LogP contribution in [0, 0.1) is 0 Å². The van der Waals surface area contributed by atoms with E-state index in [0.717, 1.165) is 36.9 Å². The molecule has 1 heterocycles. The van der Waals surface area contributed by atoms with Gasteiger partial charge in [0.2, 0.25) is 0 Å². The van der Waals surface area contributed by atoms with Crippen LogP contribution >= 0.6 is 11.6 Å². The van der Waals surface area contributed by atoms with Crippen molar-refractivity contribution >= 4 is 23.3 Å². The molecule has 3 rings (SSSR count). The van der Waals surface area contributed by atoms with Crippen LogP contribution in [-0.2, 0) is 4.74 Å². The number of aliphatic hydroxyl groups is 1. The Balaban J connectivity index is 1.41. The number of benzene rings is 2. The molecule has 0 unspecified atom stereocenters. The summed E-state index contributed by atoms with van der Waals surface area (Å²) < 4.78 is 10.3. The minimum absolute atomic E-state index is 0.221. The van der Waals surface area contributed by atoms with Gasteiger partial charge in [0.15, 0.2) is 0 Å². The van der Waals surface area contributed by atoms with Crippen molar-refractivity contribution in [3.05, 3.63) is 59.1 Å². The van der Waals surface area contributed by atoms with E-state index in [1.807, 2.05) is 18.2 Å². The Hall–Kier alpha value is -2.28. The number of hydrogen-bond acceptors (Lipinski definition) is 5. The number of halogens is 1. The quantitative estimate of drug-likeness (QED) is 0.679. The number of nitrogens with zero attached hydrogens (tertiary/aromatic N) is 1. The van der Waals surface area contributed by atoms with Crippen molar-refractivity contribution in [1.29, 1.82) is 0 Å². The Morgan fingerprint density at radius 1 is 1.21 bits per heavy atom. The predicted molar refractivity (Wildman–Crippen MR) is 109 cm³/mol. The van der Waals surface area contributed by atoms with Crippen LogP contribution in [0.5, 0.6) is 5.75 Å². The van der Waals surface area contributed by atoms with Gasteiger partial charge < -0.3 is 24.4 Å². The van der Waals surface area contributed by atoms with Crippen molar-refractivity contribution in [2.45, 2.75) is 6.10 Å². The van der Waals surface area contributed by atoms with E-state index >= 15 is 0 Å². The summed E-state index contributed by atoms with van der Waals surface area (Å²) in [5.74, 6) is 0.236. The number of hydrogen-bond donors (Lipinski definition) is 2. The van der Waals surface area contributed by atoms with Gasteiger partial charge in [-0.1, -0.05) is 17.7 Å². The average Bonchev–Trinajstić information content (AvgIpc) is 2.72. The molecule has 0 amide bonds. The molecule has 0 saturated carbocycles. The van der Waals surface area contributed by atoms with Crippen molar-refractivity contribution in [2.75, 3.05) is 51.3 Å². The molecule has 1 aliphatic rings. The lowest BCUT2D eigenvalue weighted by molar-refractivity contribution is -0.903. The molecule has 28 heavy (non-hydrogen) atoms. The maximum Gasteiger partial charge on any atom is 0.337 e. The maximum atomic E-state index is 11.4. The summed E-state index contributed by atoms with van der Waals surface area (Å²) in [4.78, 5) is 15.1. The summed E-state index contributed by atoms with van der Waals surface area (Å²) in [6.45, 7) is 4.63. The number of esters is 1. The van der Waals surface area contributed by atoms with Gasteiger partial charge in [0.1, 0.15) is 25.0 Å². The molecule has 1 aliphatic heterocycles. The molecule has 1 saturated heterocycles. The largest absolute Gasteiger partial charge is 0.491 e. The van der Waals surface area contributed by atoms with E-state index < -0.39 is 6.10 Å². The number of anilines is 1. The van der Waals surface area contributed by atoms with E-state index in [4.69, 9.17) is 16.3 Å². The van der Waals surface area contributed by atoms with Gasteiger partial charge in [-0.3, -0.25) is 0 Å². The molecule has 0 bridgehead atoms. The number of aliphatic hydroxyl groups excluding tert-OH is 1. The first kappa shape index (κ1) is 20.5. The van der Waals surface area contributed by atoms with Gasteiger partial charge in [-0.05, 0) is 42.5 Å². The fourth-order valence-corrected chi connectivity index (χ4v) is 3.53. The number of rotatable bonds is 7. The highest BCUT2D eigenvalue weighted by Gasteiger charge is 2.23. The normalized spacial score (nSPS) is 15.9. The number of quaternary nitrogens is 1. The molecule has 1 fully saturated rings. The van der Waals surface area contributed by atoms with Crippen molar-refractivity contribution in [2.24, 2.45) is 0 Å². The average molecular weight is 406 g/mol. The first-order valence-corrected chi connectivity index (χ1v) is 9.76. The molecule has 7 heteroatoms. The van der Waals surface area contributed by atoms with Crippen LogP contribution in [0.25, 0.3) is 0 Å². The van der Waals surface area contributed by atoms with Crippen LogP contribution in [0.4, 0.5) is 5.69 Å². The number of methoxy groups -OCH3 is 1. The Morgan fingerprint density at radius 2 is 1.93 bits per heavy atom. The number of ether oxygens (including phenoxy) is 2. The van der Waals surface area contributed by atoms with Gasteiger partial charge in [0, 0.05) is 10.7 Å². The third-order valence-electron chi connectivity index (χ3n) is 4.89. The third kappa shape index (κ3) is 5.61. The lowest BCUT2D eigenvalue weighted by Gasteiger charge is -2.34. The first-order chi connectivity index (χ1) is 13.5. The Kier molecular flexibility index (Phi) is 7.14. The molecule has 1 atom stereocenters. The second-order valence-corrected chi connectivity index (χ2v) is 7.34. The van der Waals surface area contributed by atoms with E-state index in [-0.39, 0.29) is 12.6 Å². The van der Waals surface area contributed by atoms with Crippen molar-refractivity contribution in [3.8, 4) is 5.75 Å². The van der Waals surface area contributed by atoms with Crippen LogP contribution in [0.3, 0.4) is 0 Å². The molecule has 6 nitrogen and oxygen atoms in total. The van der Waals surface area contributed by atoms with Gasteiger partial charge in [-0.25, -0.2) is 4.79 Å². The Morgan fingerprint density at radius 3 is 2.57 bits per heavy atom. The van der Waals surface area contributed by atoms with Crippen molar-refractivity contribution < 1.29 is 24.3 Å². The molecular formula is C21H26ClN2O4+. The molecular weight excluding hydrogens is 380 g/mol. The van der Waals surface area contributed by atoms with Crippen molar-refractivity contribution in [1.82, 2.24) is 0 Å². The predicted octanol–water partition coefficient (Wildman–Crippen LogP) is 1.27. The van der Waals surface area contributed by atoms with Crippen LogP contribution in [-0.4, -0.2) is 63.6 Å². The second-order valence-electron chi connectivity index (χ2n) is 6.90. The standard InChI is InChI=1S/C21H25ClN2O4/c1-27-21(26)16-5-7-20(8-6-16)28-15-19(25)14-23-9-11-24(12-10-23)18-4-2-3-17(22)13-18/h2-8,13,19,25H,9-12,14-15H2,1H3/p+1/t19-/m1/s1. The second kappa shape index (κ2) is 9.78. The summed E-state index contributed by atoms with van der Waals surface area (Å²) in [6, 6.07) is 14.6. The minimum Gasteiger partial charge on any atom is -0.491 e. The monoisotopic (exact) mass is 405 g/mol. The fraction of sp³-hybridized carbons (Fsp3) is 0.381. The number of carbonyl (C=O) groups is 1. The maximum absolute atomic E-state index is 11.4.